The lowest BCUT2D eigenvalue weighted by atomic mass is 10.2. The lowest BCUT2D eigenvalue weighted by molar-refractivity contribution is -0.120. The van der Waals surface area contributed by atoms with Crippen molar-refractivity contribution in [2.24, 2.45) is 0 Å². The molecule has 162 valence electrons. The van der Waals surface area contributed by atoms with Gasteiger partial charge in [-0.05, 0) is 55.5 Å². The summed E-state index contributed by atoms with van der Waals surface area (Å²) in [5, 5.41) is 3.16. The molecule has 0 spiro atoms. The van der Waals surface area contributed by atoms with E-state index in [0.29, 0.717) is 34.4 Å². The van der Waals surface area contributed by atoms with Crippen molar-refractivity contribution in [1.82, 2.24) is 0 Å². The van der Waals surface area contributed by atoms with Gasteiger partial charge in [-0.25, -0.2) is 4.90 Å². The molecule has 4 rings (SSSR count). The molecule has 0 saturated heterocycles. The Morgan fingerprint density at radius 3 is 2.25 bits per heavy atom. The van der Waals surface area contributed by atoms with E-state index in [-0.39, 0.29) is 11.6 Å². The van der Waals surface area contributed by atoms with E-state index in [1.807, 2.05) is 61.5 Å². The van der Waals surface area contributed by atoms with E-state index in [9.17, 15) is 9.59 Å². The Morgan fingerprint density at radius 1 is 0.875 bits per heavy atom. The van der Waals surface area contributed by atoms with Gasteiger partial charge < -0.3 is 14.8 Å². The number of imide groups is 1. The van der Waals surface area contributed by atoms with Crippen molar-refractivity contribution < 1.29 is 19.1 Å². The molecular formula is C25H22N2O4S. The second-order valence-corrected chi connectivity index (χ2v) is 7.90. The largest absolute Gasteiger partial charge is 0.497 e. The third-order valence-electron chi connectivity index (χ3n) is 4.78. The Kier molecular flexibility index (Phi) is 6.47. The van der Waals surface area contributed by atoms with Gasteiger partial charge >= 0.3 is 0 Å². The number of benzene rings is 3. The molecule has 1 heterocycles. The second kappa shape index (κ2) is 9.62. The highest BCUT2D eigenvalue weighted by Gasteiger charge is 2.40. The van der Waals surface area contributed by atoms with Crippen molar-refractivity contribution in [2.75, 3.05) is 23.9 Å². The third-order valence-corrected chi connectivity index (χ3v) is 5.87. The van der Waals surface area contributed by atoms with Crippen LogP contribution in [0.2, 0.25) is 0 Å². The standard InChI is InChI=1S/C25H22N2O4S/c1-3-31-21-12-8-7-11-20(21)26-22-23(32-19-9-5-4-6-10-19)25(29)27(24(22)28)17-13-15-18(30-2)16-14-17/h4-16,26H,3H2,1-2H3. The molecular weight excluding hydrogens is 424 g/mol. The lowest BCUT2D eigenvalue weighted by Crippen LogP contribution is -2.32. The van der Waals surface area contributed by atoms with Crippen LogP contribution in [0, 0.1) is 0 Å². The predicted molar refractivity (Wildman–Crippen MR) is 126 cm³/mol. The summed E-state index contributed by atoms with van der Waals surface area (Å²) in [5.74, 6) is 0.439. The zero-order valence-electron chi connectivity index (χ0n) is 17.7. The molecule has 3 aromatic rings. The number of nitrogens with zero attached hydrogens (tertiary/aromatic N) is 1. The fourth-order valence-corrected chi connectivity index (χ4v) is 4.22. The molecule has 0 fully saturated rings. The number of methoxy groups -OCH3 is 1. The minimum atomic E-state index is -0.426. The van der Waals surface area contributed by atoms with Crippen molar-refractivity contribution in [1.29, 1.82) is 0 Å². The first kappa shape index (κ1) is 21.5. The Morgan fingerprint density at radius 2 is 1.56 bits per heavy atom. The average molecular weight is 447 g/mol. The molecule has 1 aliphatic heterocycles. The van der Waals surface area contributed by atoms with Gasteiger partial charge in [0.15, 0.2) is 0 Å². The zero-order valence-corrected chi connectivity index (χ0v) is 18.5. The number of thioether (sulfide) groups is 1. The Hall–Kier alpha value is -3.71. The van der Waals surface area contributed by atoms with Gasteiger partial charge in [0.05, 0.1) is 25.1 Å². The third kappa shape index (κ3) is 4.33. The molecule has 7 heteroatoms. The van der Waals surface area contributed by atoms with Crippen LogP contribution in [0.25, 0.3) is 0 Å². The number of nitrogens with one attached hydrogen (secondary N) is 1. The van der Waals surface area contributed by atoms with Crippen LogP contribution in [0.1, 0.15) is 6.92 Å². The maximum Gasteiger partial charge on any atom is 0.283 e. The maximum absolute atomic E-state index is 13.4. The summed E-state index contributed by atoms with van der Waals surface area (Å²) in [7, 11) is 1.56. The fourth-order valence-electron chi connectivity index (χ4n) is 3.27. The molecule has 1 N–H and O–H groups in total. The van der Waals surface area contributed by atoms with Gasteiger partial charge in [0, 0.05) is 4.90 Å². The van der Waals surface area contributed by atoms with Crippen LogP contribution >= 0.6 is 11.8 Å². The average Bonchev–Trinajstić information content (AvgIpc) is 3.05. The highest BCUT2D eigenvalue weighted by molar-refractivity contribution is 8.04. The Bertz CT molecular complexity index is 1160. The van der Waals surface area contributed by atoms with E-state index in [2.05, 4.69) is 5.32 Å². The van der Waals surface area contributed by atoms with Gasteiger partial charge in [0.25, 0.3) is 11.8 Å². The van der Waals surface area contributed by atoms with Crippen LogP contribution in [0.15, 0.2) is 94.4 Å². The van der Waals surface area contributed by atoms with Gasteiger partial charge in [0.2, 0.25) is 0 Å². The summed E-state index contributed by atoms with van der Waals surface area (Å²) in [4.78, 5) is 29.2. The highest BCUT2D eigenvalue weighted by atomic mass is 32.2. The molecule has 32 heavy (non-hydrogen) atoms. The van der Waals surface area contributed by atoms with Gasteiger partial charge in [-0.2, -0.15) is 0 Å². The summed E-state index contributed by atoms with van der Waals surface area (Å²) < 4.78 is 10.9. The maximum atomic E-state index is 13.4. The van der Waals surface area contributed by atoms with E-state index in [1.165, 1.54) is 16.7 Å². The SMILES string of the molecule is CCOc1ccccc1NC1=C(Sc2ccccc2)C(=O)N(c2ccc(OC)cc2)C1=O. The number of carbonyl (C=O) groups excluding carboxylic acids is 2. The summed E-state index contributed by atoms with van der Waals surface area (Å²) in [6.45, 7) is 2.37. The van der Waals surface area contributed by atoms with Crippen LogP contribution < -0.4 is 19.7 Å². The summed E-state index contributed by atoms with van der Waals surface area (Å²) in [5.41, 5.74) is 1.31. The van der Waals surface area contributed by atoms with Gasteiger partial charge in [-0.3, -0.25) is 9.59 Å². The number of hydrogen-bond acceptors (Lipinski definition) is 6. The summed E-state index contributed by atoms with van der Waals surface area (Å²) in [6.07, 6.45) is 0. The van der Waals surface area contributed by atoms with E-state index in [4.69, 9.17) is 9.47 Å². The number of ether oxygens (including phenoxy) is 2. The number of rotatable bonds is 8. The number of carbonyl (C=O) groups is 2. The van der Waals surface area contributed by atoms with Crippen molar-refractivity contribution in [3.63, 3.8) is 0 Å². The van der Waals surface area contributed by atoms with Crippen molar-refractivity contribution in [3.05, 3.63) is 89.5 Å². The van der Waals surface area contributed by atoms with Crippen molar-refractivity contribution in [2.45, 2.75) is 11.8 Å². The van der Waals surface area contributed by atoms with E-state index in [1.54, 1.807) is 31.4 Å². The van der Waals surface area contributed by atoms with Crippen molar-refractivity contribution >= 4 is 35.0 Å². The first-order chi connectivity index (χ1) is 15.6. The smallest absolute Gasteiger partial charge is 0.283 e. The minimum absolute atomic E-state index is 0.215. The molecule has 0 unspecified atom stereocenters. The minimum Gasteiger partial charge on any atom is -0.497 e. The quantitative estimate of drug-likeness (QED) is 0.487. The zero-order chi connectivity index (χ0) is 22.5. The number of hydrogen-bond donors (Lipinski definition) is 1. The first-order valence-corrected chi connectivity index (χ1v) is 10.9. The molecule has 0 aliphatic carbocycles. The number of para-hydroxylation sites is 2. The number of amides is 2. The van der Waals surface area contributed by atoms with E-state index < -0.39 is 5.91 Å². The van der Waals surface area contributed by atoms with E-state index in [0.717, 1.165) is 4.90 Å². The van der Waals surface area contributed by atoms with Crippen LogP contribution in [0.3, 0.4) is 0 Å². The van der Waals surface area contributed by atoms with Crippen molar-refractivity contribution in [3.8, 4) is 11.5 Å². The fraction of sp³-hybridized carbons (Fsp3) is 0.120. The molecule has 6 nitrogen and oxygen atoms in total. The first-order valence-electron chi connectivity index (χ1n) is 10.1. The monoisotopic (exact) mass is 446 g/mol. The van der Waals surface area contributed by atoms with Crippen LogP contribution in [0.4, 0.5) is 11.4 Å². The number of anilines is 2. The normalized spacial score (nSPS) is 13.5. The molecule has 0 atom stereocenters. The lowest BCUT2D eigenvalue weighted by Gasteiger charge is -2.16. The Labute approximate surface area is 190 Å². The van der Waals surface area contributed by atoms with Crippen LogP contribution in [-0.2, 0) is 9.59 Å². The molecule has 2 amide bonds. The van der Waals surface area contributed by atoms with Gasteiger partial charge in [0.1, 0.15) is 22.1 Å². The van der Waals surface area contributed by atoms with Gasteiger partial charge in [-0.1, -0.05) is 42.1 Å². The summed E-state index contributed by atoms with van der Waals surface area (Å²) >= 11 is 1.26. The van der Waals surface area contributed by atoms with E-state index >= 15 is 0 Å². The summed E-state index contributed by atoms with van der Waals surface area (Å²) in [6, 6.07) is 23.6. The predicted octanol–water partition coefficient (Wildman–Crippen LogP) is 5.08. The molecule has 0 radical (unpaired) electrons. The van der Waals surface area contributed by atoms with Crippen LogP contribution in [-0.4, -0.2) is 25.5 Å². The topological polar surface area (TPSA) is 67.9 Å². The van der Waals surface area contributed by atoms with Crippen LogP contribution in [0.5, 0.6) is 11.5 Å². The Balaban J connectivity index is 1.74. The highest BCUT2D eigenvalue weighted by Crippen LogP contribution is 2.39. The second-order valence-electron chi connectivity index (χ2n) is 6.82. The van der Waals surface area contributed by atoms with Gasteiger partial charge in [-0.15, -0.1) is 0 Å². The molecule has 1 aliphatic rings. The molecule has 0 bridgehead atoms. The molecule has 3 aromatic carbocycles. The molecule has 0 saturated carbocycles. The molecule has 0 aromatic heterocycles.